The van der Waals surface area contributed by atoms with Crippen molar-refractivity contribution in [3.63, 3.8) is 0 Å². The first-order chi connectivity index (χ1) is 8.83. The monoisotopic (exact) mass is 246 g/mol. The maximum atomic E-state index is 9.80. The molecule has 0 unspecified atom stereocenters. The van der Waals surface area contributed by atoms with Crippen LogP contribution in [0.25, 0.3) is 10.9 Å². The number of rotatable bonds is 6. The van der Waals surface area contributed by atoms with Gasteiger partial charge in [0.15, 0.2) is 5.88 Å². The molecule has 4 nitrogen and oxygen atoms in total. The lowest BCUT2D eigenvalue weighted by Gasteiger charge is -1.97. The fraction of sp³-hybridized carbons (Fsp3) is 0.357. The van der Waals surface area contributed by atoms with Crippen molar-refractivity contribution in [3.05, 3.63) is 29.8 Å². The van der Waals surface area contributed by atoms with Gasteiger partial charge in [-0.25, -0.2) is 0 Å². The first-order valence-corrected chi connectivity index (χ1v) is 6.20. The van der Waals surface area contributed by atoms with Gasteiger partial charge in [0.05, 0.1) is 5.56 Å². The minimum atomic E-state index is 0.171. The number of benzene rings is 1. The van der Waals surface area contributed by atoms with E-state index in [1.807, 2.05) is 31.2 Å². The summed E-state index contributed by atoms with van der Waals surface area (Å²) in [5.74, 6) is 0.171. The lowest BCUT2D eigenvalue weighted by molar-refractivity contribution is 0.146. The lowest BCUT2D eigenvalue weighted by Crippen LogP contribution is -1.95. The van der Waals surface area contributed by atoms with E-state index in [1.54, 1.807) is 6.21 Å². The molecule has 0 saturated heterocycles. The standard InChI is InChI=1S/C14H18N2O2/c1-2-18-9-5-8-15-10-12-11-6-3-4-7-13(11)16-14(12)17/h3-4,6-7,10,16-17H,2,5,8-9H2,1H3. The van der Waals surface area contributed by atoms with Gasteiger partial charge in [0.1, 0.15) is 0 Å². The number of para-hydroxylation sites is 1. The second-order valence-electron chi connectivity index (χ2n) is 4.02. The molecule has 2 N–H and O–H groups in total. The Balaban J connectivity index is 2.02. The third-order valence-corrected chi connectivity index (χ3v) is 2.73. The van der Waals surface area contributed by atoms with Crippen LogP contribution < -0.4 is 0 Å². The third-order valence-electron chi connectivity index (χ3n) is 2.73. The van der Waals surface area contributed by atoms with Crippen LogP contribution in [0.4, 0.5) is 0 Å². The van der Waals surface area contributed by atoms with Crippen LogP contribution in [0, 0.1) is 0 Å². The van der Waals surface area contributed by atoms with Crippen LogP contribution >= 0.6 is 0 Å². The Morgan fingerprint density at radius 2 is 2.22 bits per heavy atom. The van der Waals surface area contributed by atoms with Crippen LogP contribution in [0.15, 0.2) is 29.3 Å². The molecule has 0 aliphatic rings. The van der Waals surface area contributed by atoms with Crippen molar-refractivity contribution < 1.29 is 9.84 Å². The van der Waals surface area contributed by atoms with Crippen molar-refractivity contribution in [3.8, 4) is 5.88 Å². The molecule has 0 spiro atoms. The summed E-state index contributed by atoms with van der Waals surface area (Å²) in [5.41, 5.74) is 1.67. The van der Waals surface area contributed by atoms with Crippen LogP contribution in [0.3, 0.4) is 0 Å². The Morgan fingerprint density at radius 3 is 3.06 bits per heavy atom. The second kappa shape index (κ2) is 6.21. The summed E-state index contributed by atoms with van der Waals surface area (Å²) in [6, 6.07) is 7.78. The van der Waals surface area contributed by atoms with E-state index in [0.717, 1.165) is 36.1 Å². The van der Waals surface area contributed by atoms with Crippen LogP contribution in [-0.4, -0.2) is 36.1 Å². The lowest BCUT2D eigenvalue weighted by atomic mass is 10.2. The number of nitrogens with zero attached hydrogens (tertiary/aromatic N) is 1. The van der Waals surface area contributed by atoms with E-state index in [9.17, 15) is 5.11 Å². The summed E-state index contributed by atoms with van der Waals surface area (Å²) < 4.78 is 5.24. The summed E-state index contributed by atoms with van der Waals surface area (Å²) in [5, 5.41) is 10.8. The molecule has 0 aliphatic carbocycles. The van der Waals surface area contributed by atoms with Gasteiger partial charge in [-0.05, 0) is 19.4 Å². The first-order valence-electron chi connectivity index (χ1n) is 6.20. The maximum Gasteiger partial charge on any atom is 0.198 e. The molecule has 4 heteroatoms. The fourth-order valence-electron chi connectivity index (χ4n) is 1.84. The van der Waals surface area contributed by atoms with Crippen LogP contribution in [0.2, 0.25) is 0 Å². The summed E-state index contributed by atoms with van der Waals surface area (Å²) in [7, 11) is 0. The highest BCUT2D eigenvalue weighted by molar-refractivity contribution is 6.01. The highest BCUT2D eigenvalue weighted by Crippen LogP contribution is 2.24. The molecule has 0 fully saturated rings. The summed E-state index contributed by atoms with van der Waals surface area (Å²) >= 11 is 0. The van der Waals surface area contributed by atoms with Gasteiger partial charge in [0, 0.05) is 36.9 Å². The number of fused-ring (bicyclic) bond motifs is 1. The van der Waals surface area contributed by atoms with Gasteiger partial charge in [-0.1, -0.05) is 18.2 Å². The van der Waals surface area contributed by atoms with E-state index in [2.05, 4.69) is 9.98 Å². The number of hydrogen-bond acceptors (Lipinski definition) is 3. The quantitative estimate of drug-likeness (QED) is 0.608. The summed E-state index contributed by atoms with van der Waals surface area (Å²) in [4.78, 5) is 7.24. The number of aliphatic imine (C=N–C) groups is 1. The minimum absolute atomic E-state index is 0.171. The van der Waals surface area contributed by atoms with Gasteiger partial charge >= 0.3 is 0 Å². The van der Waals surface area contributed by atoms with E-state index in [1.165, 1.54) is 0 Å². The molecule has 96 valence electrons. The molecule has 18 heavy (non-hydrogen) atoms. The van der Waals surface area contributed by atoms with Gasteiger partial charge in [-0.15, -0.1) is 0 Å². The number of nitrogens with one attached hydrogen (secondary N) is 1. The zero-order valence-electron chi connectivity index (χ0n) is 10.5. The molecule has 0 atom stereocenters. The topological polar surface area (TPSA) is 57.6 Å². The van der Waals surface area contributed by atoms with Gasteiger partial charge in [-0.3, -0.25) is 4.99 Å². The average molecular weight is 246 g/mol. The summed E-state index contributed by atoms with van der Waals surface area (Å²) in [6.07, 6.45) is 2.62. The highest BCUT2D eigenvalue weighted by Gasteiger charge is 2.06. The minimum Gasteiger partial charge on any atom is -0.494 e. The smallest absolute Gasteiger partial charge is 0.198 e. The van der Waals surface area contributed by atoms with Crippen molar-refractivity contribution >= 4 is 17.1 Å². The average Bonchev–Trinajstić information content (AvgIpc) is 2.70. The van der Waals surface area contributed by atoms with Gasteiger partial charge < -0.3 is 14.8 Å². The Hall–Kier alpha value is -1.81. The van der Waals surface area contributed by atoms with Crippen molar-refractivity contribution in [2.75, 3.05) is 19.8 Å². The predicted molar refractivity (Wildman–Crippen MR) is 73.5 cm³/mol. The largest absolute Gasteiger partial charge is 0.494 e. The molecule has 0 radical (unpaired) electrons. The van der Waals surface area contributed by atoms with E-state index >= 15 is 0 Å². The molecule has 1 aromatic carbocycles. The van der Waals surface area contributed by atoms with Crippen molar-refractivity contribution in [2.45, 2.75) is 13.3 Å². The van der Waals surface area contributed by atoms with E-state index in [0.29, 0.717) is 6.54 Å². The van der Waals surface area contributed by atoms with Crippen LogP contribution in [-0.2, 0) is 4.74 Å². The van der Waals surface area contributed by atoms with Gasteiger partial charge in [0.2, 0.25) is 0 Å². The van der Waals surface area contributed by atoms with E-state index in [-0.39, 0.29) is 5.88 Å². The number of hydrogen-bond donors (Lipinski definition) is 2. The van der Waals surface area contributed by atoms with Gasteiger partial charge in [0.25, 0.3) is 0 Å². The van der Waals surface area contributed by atoms with E-state index in [4.69, 9.17) is 4.74 Å². The molecule has 0 aliphatic heterocycles. The van der Waals surface area contributed by atoms with Crippen molar-refractivity contribution in [1.29, 1.82) is 0 Å². The highest BCUT2D eigenvalue weighted by atomic mass is 16.5. The number of aromatic nitrogens is 1. The molecule has 2 rings (SSSR count). The van der Waals surface area contributed by atoms with Crippen LogP contribution in [0.5, 0.6) is 5.88 Å². The molecule has 0 bridgehead atoms. The third kappa shape index (κ3) is 2.90. The molecule has 0 saturated carbocycles. The molecule has 2 aromatic rings. The fourth-order valence-corrected chi connectivity index (χ4v) is 1.84. The van der Waals surface area contributed by atoms with Crippen LogP contribution in [0.1, 0.15) is 18.9 Å². The number of aromatic hydroxyl groups is 1. The maximum absolute atomic E-state index is 9.80. The number of H-pyrrole nitrogens is 1. The predicted octanol–water partition coefficient (Wildman–Crippen LogP) is 2.72. The molecule has 1 heterocycles. The second-order valence-corrected chi connectivity index (χ2v) is 4.02. The van der Waals surface area contributed by atoms with E-state index < -0.39 is 0 Å². The summed E-state index contributed by atoms with van der Waals surface area (Å²) in [6.45, 7) is 4.16. The SMILES string of the molecule is CCOCCCN=Cc1c(O)[nH]c2ccccc12. The molecular formula is C14H18N2O2. The zero-order chi connectivity index (χ0) is 12.8. The van der Waals surface area contributed by atoms with Crippen molar-refractivity contribution in [2.24, 2.45) is 4.99 Å². The molecule has 0 amide bonds. The van der Waals surface area contributed by atoms with Crippen molar-refractivity contribution in [1.82, 2.24) is 4.98 Å². The Morgan fingerprint density at radius 1 is 1.39 bits per heavy atom. The normalized spacial score (nSPS) is 11.6. The molecule has 1 aromatic heterocycles. The Bertz CT molecular complexity index is 532. The zero-order valence-corrected chi connectivity index (χ0v) is 10.5. The van der Waals surface area contributed by atoms with Gasteiger partial charge in [-0.2, -0.15) is 0 Å². The Kier molecular flexibility index (Phi) is 4.36. The Labute approximate surface area is 106 Å². The number of ether oxygens (including phenoxy) is 1. The molecular weight excluding hydrogens is 228 g/mol. The number of aromatic amines is 1. The first kappa shape index (κ1) is 12.6.